The first-order valence-electron chi connectivity index (χ1n) is 5.64. The number of rotatable bonds is 4. The molecule has 0 aromatic rings. The Morgan fingerprint density at radius 3 is 2.00 bits per heavy atom. The number of nitrogens with one attached hydrogen (secondary N) is 1. The van der Waals surface area contributed by atoms with E-state index in [2.05, 4.69) is 12.2 Å². The molecule has 131 valence electrons. The molecule has 20 heavy (non-hydrogen) atoms. The van der Waals surface area contributed by atoms with Crippen molar-refractivity contribution in [3.63, 3.8) is 0 Å². The van der Waals surface area contributed by atoms with Crippen LogP contribution >= 0.6 is 0 Å². The van der Waals surface area contributed by atoms with Gasteiger partial charge >= 0.3 is 0 Å². The van der Waals surface area contributed by atoms with Crippen LogP contribution < -0.4 is 11.1 Å². The Morgan fingerprint density at radius 1 is 1.30 bits per heavy atom. The average molecular weight is 344 g/mol. The summed E-state index contributed by atoms with van der Waals surface area (Å²) in [4.78, 5) is 20.4. The zero-order valence-electron chi connectivity index (χ0n) is 10.5. The average Bonchev–Trinajstić information content (AvgIpc) is 2.51. The van der Waals surface area contributed by atoms with Gasteiger partial charge in [-0.1, -0.05) is 42.0 Å². The van der Waals surface area contributed by atoms with Crippen LogP contribution in [0.4, 0.5) is 0 Å². The van der Waals surface area contributed by atoms with Crippen LogP contribution in [0.2, 0.25) is 0 Å². The van der Waals surface area contributed by atoms with Gasteiger partial charge in [0, 0.05) is 36.0 Å². The number of unbranched alkanes of at least 4 members (excludes halogenated alkanes) is 2. The molecule has 5 nitrogen and oxygen atoms in total. The second-order valence-electron chi connectivity index (χ2n) is 3.93. The summed E-state index contributed by atoms with van der Waals surface area (Å²) < 4.78 is 0. The summed E-state index contributed by atoms with van der Waals surface area (Å²) in [5.41, 5.74) is 4.89. The third-order valence-electron chi connectivity index (χ3n) is 2.24. The van der Waals surface area contributed by atoms with Gasteiger partial charge in [-0.25, -0.2) is 0 Å². The van der Waals surface area contributed by atoms with Crippen LogP contribution in [0, 0.1) is 0 Å². The molecular weight excluding hydrogens is 308 g/mol. The molecule has 1 saturated heterocycles. The van der Waals surface area contributed by atoms with E-state index >= 15 is 0 Å². The zero-order chi connectivity index (χ0) is 11.7. The number of primary amides is 1. The molecule has 0 saturated carbocycles. The molecule has 1 radical (unpaired) electrons. The zero-order valence-corrected chi connectivity index (χ0v) is 11.5. The minimum atomic E-state index is -0.182. The number of hydrogen-bond donors (Lipinski definition) is 2. The molecule has 0 aromatic heterocycles. The first kappa shape index (κ1) is 36.6. The molecule has 0 spiro atoms. The van der Waals surface area contributed by atoms with Gasteiger partial charge in [0.2, 0.25) is 11.8 Å². The van der Waals surface area contributed by atoms with Gasteiger partial charge in [0.15, 0.2) is 0 Å². The van der Waals surface area contributed by atoms with E-state index in [4.69, 9.17) is 5.73 Å². The fourth-order valence-corrected chi connectivity index (χ4v) is 1.32. The van der Waals surface area contributed by atoms with E-state index in [1.165, 1.54) is 0 Å². The predicted octanol–water partition coefficient (Wildman–Crippen LogP) is 2.42. The molecule has 0 aromatic carbocycles. The third-order valence-corrected chi connectivity index (χ3v) is 2.24. The van der Waals surface area contributed by atoms with Crippen molar-refractivity contribution in [1.82, 2.24) is 5.32 Å². The van der Waals surface area contributed by atoms with Gasteiger partial charge in [0.1, 0.15) is 0 Å². The van der Waals surface area contributed by atoms with E-state index < -0.39 is 0 Å². The Bertz CT molecular complexity index is 215. The summed E-state index contributed by atoms with van der Waals surface area (Å²) in [5.74, 6) is 0.0194. The fourth-order valence-electron chi connectivity index (χ4n) is 1.32. The summed E-state index contributed by atoms with van der Waals surface area (Å²) in [5, 5.41) is 2.78. The van der Waals surface area contributed by atoms with Crippen molar-refractivity contribution in [2.45, 2.75) is 80.7 Å². The van der Waals surface area contributed by atoms with Gasteiger partial charge in [-0.2, -0.15) is 0 Å². The van der Waals surface area contributed by atoms with E-state index in [9.17, 15) is 9.59 Å². The maximum absolute atomic E-state index is 10.3. The molecule has 6 heteroatoms. The van der Waals surface area contributed by atoms with Crippen LogP contribution in [-0.4, -0.2) is 23.3 Å². The van der Waals surface area contributed by atoms with Gasteiger partial charge in [-0.05, 0) is 19.8 Å². The number of hydrogen-bond acceptors (Lipinski definition) is 2. The second-order valence-corrected chi connectivity index (χ2v) is 3.93. The molecule has 1 unspecified atom stereocenters. The van der Waals surface area contributed by atoms with Crippen molar-refractivity contribution in [3.8, 4) is 0 Å². The summed E-state index contributed by atoms with van der Waals surface area (Å²) in [6.07, 6.45) is 5.50. The smallest absolute Gasteiger partial charge is 0.220 e. The van der Waals surface area contributed by atoms with E-state index in [1.807, 2.05) is 6.92 Å². The van der Waals surface area contributed by atoms with Gasteiger partial charge in [-0.3, -0.25) is 9.59 Å². The van der Waals surface area contributed by atoms with Crippen LogP contribution in [0.3, 0.4) is 0 Å². The number of carbonyl (C=O) groups is 2. The van der Waals surface area contributed by atoms with Crippen molar-refractivity contribution >= 4 is 11.8 Å². The van der Waals surface area contributed by atoms with Crippen LogP contribution in [0.15, 0.2) is 0 Å². The van der Waals surface area contributed by atoms with E-state index in [1.54, 1.807) is 0 Å². The Balaban J connectivity index is -0.0000000393. The van der Waals surface area contributed by atoms with E-state index in [0.29, 0.717) is 12.5 Å². The molecule has 1 rings (SSSR count). The molecule has 0 bridgehead atoms. The van der Waals surface area contributed by atoms with E-state index in [-0.39, 0.29) is 56.6 Å². The van der Waals surface area contributed by atoms with Crippen molar-refractivity contribution in [2.75, 3.05) is 0 Å². The standard InChI is InChI=1S/C6H13NO.C5H9NO.3CH4.Cu.H2O/c1-2-3-4-5-6(7)8;1-4-2-3-5(7)6-4;;;;;/h2-5H2,1H3,(H2,7,8);4H,2-3H2,1H3,(H,6,7);3*1H4;;1H2. The van der Waals surface area contributed by atoms with Gasteiger partial charge < -0.3 is 16.5 Å². The normalized spacial score (nSPS) is 14.3. The molecule has 1 heterocycles. The van der Waals surface area contributed by atoms with Gasteiger partial charge in [-0.15, -0.1) is 0 Å². The maximum atomic E-state index is 10.3. The summed E-state index contributed by atoms with van der Waals surface area (Å²) in [6, 6.07) is 0.424. The minimum Gasteiger partial charge on any atom is -0.412 e. The van der Waals surface area contributed by atoms with Crippen LogP contribution in [-0.2, 0) is 26.7 Å². The Hall–Kier alpha value is -0.581. The molecule has 1 fully saturated rings. The monoisotopic (exact) mass is 343 g/mol. The molecule has 1 atom stereocenters. The topological polar surface area (TPSA) is 104 Å². The molecule has 1 aliphatic heterocycles. The molecule has 1 aliphatic rings. The van der Waals surface area contributed by atoms with Crippen molar-refractivity contribution < 1.29 is 32.1 Å². The quantitative estimate of drug-likeness (QED) is 0.604. The summed E-state index contributed by atoms with van der Waals surface area (Å²) in [6.45, 7) is 4.12. The van der Waals surface area contributed by atoms with Crippen LogP contribution in [0.5, 0.6) is 0 Å². The largest absolute Gasteiger partial charge is 0.412 e. The SMILES string of the molecule is C.C.C.CC1CCC(=O)N1.CCCCCC(N)=O.O.[Cu]. The van der Waals surface area contributed by atoms with Crippen LogP contribution in [0.25, 0.3) is 0 Å². The number of amides is 2. The third kappa shape index (κ3) is 26.1. The molecular formula is C14H36CuN2O3. The molecule has 2 amide bonds. The van der Waals surface area contributed by atoms with Crippen molar-refractivity contribution in [1.29, 1.82) is 0 Å². The Morgan fingerprint density at radius 2 is 1.80 bits per heavy atom. The first-order chi connectivity index (χ1) is 7.06. The van der Waals surface area contributed by atoms with Crippen molar-refractivity contribution in [2.24, 2.45) is 5.73 Å². The molecule has 5 N–H and O–H groups in total. The maximum Gasteiger partial charge on any atom is 0.220 e. The van der Waals surface area contributed by atoms with Gasteiger partial charge in [0.25, 0.3) is 0 Å². The Labute approximate surface area is 136 Å². The number of nitrogens with two attached hydrogens (primary N) is 1. The minimum absolute atomic E-state index is 0. The van der Waals surface area contributed by atoms with E-state index in [0.717, 1.165) is 32.1 Å². The fraction of sp³-hybridized carbons (Fsp3) is 0.857. The molecule has 0 aliphatic carbocycles. The summed E-state index contributed by atoms with van der Waals surface area (Å²) in [7, 11) is 0. The predicted molar refractivity (Wildman–Crippen MR) is 84.0 cm³/mol. The van der Waals surface area contributed by atoms with Gasteiger partial charge in [0.05, 0.1) is 0 Å². The summed E-state index contributed by atoms with van der Waals surface area (Å²) >= 11 is 0. The number of carbonyl (C=O) groups excluding carboxylic acids is 2. The first-order valence-corrected chi connectivity index (χ1v) is 5.64. The van der Waals surface area contributed by atoms with Crippen LogP contribution in [0.1, 0.15) is 74.7 Å². The van der Waals surface area contributed by atoms with Crippen molar-refractivity contribution in [3.05, 3.63) is 0 Å². The second kappa shape index (κ2) is 23.5. The Kier molecular flexibility index (Phi) is 43.0.